The summed E-state index contributed by atoms with van der Waals surface area (Å²) in [5, 5.41) is 4.33. The Morgan fingerprint density at radius 2 is 1.92 bits per heavy atom. The van der Waals surface area contributed by atoms with Crippen LogP contribution in [0.1, 0.15) is 57.1 Å². The molecule has 0 radical (unpaired) electrons. The van der Waals surface area contributed by atoms with Crippen molar-refractivity contribution in [2.45, 2.75) is 56.8 Å². The van der Waals surface area contributed by atoms with Crippen LogP contribution >= 0.6 is 0 Å². The molecule has 7 N–H and O–H groups in total. The van der Waals surface area contributed by atoms with Crippen molar-refractivity contribution in [2.75, 3.05) is 5.32 Å². The molecule has 1 aliphatic heterocycles. The molecular formula is C23H23F6N7O3. The molecule has 0 bridgehead atoms. The average molecular weight is 559 g/mol. The highest BCUT2D eigenvalue weighted by atomic mass is 19.3. The van der Waals surface area contributed by atoms with Gasteiger partial charge in [-0.05, 0) is 18.6 Å². The Bertz CT molecular complexity index is 1380. The van der Waals surface area contributed by atoms with Gasteiger partial charge < -0.3 is 26.4 Å². The summed E-state index contributed by atoms with van der Waals surface area (Å²) in [5.74, 6) is -3.15. The van der Waals surface area contributed by atoms with Gasteiger partial charge in [-0.2, -0.15) is 0 Å². The highest BCUT2D eigenvalue weighted by Crippen LogP contribution is 2.48. The van der Waals surface area contributed by atoms with Gasteiger partial charge in [0, 0.05) is 37.4 Å². The van der Waals surface area contributed by atoms with Crippen LogP contribution in [0.5, 0.6) is 0 Å². The molecule has 2 amide bonds. The minimum absolute atomic E-state index is 0.0195. The molecule has 1 saturated carbocycles. The van der Waals surface area contributed by atoms with E-state index in [1.807, 2.05) is 0 Å². The third-order valence-corrected chi connectivity index (χ3v) is 6.69. The summed E-state index contributed by atoms with van der Waals surface area (Å²) in [6, 6.07) is 0.932. The number of hydrogen-bond acceptors (Lipinski definition) is 7. The van der Waals surface area contributed by atoms with E-state index < -0.39 is 71.7 Å². The molecule has 1 atom stereocenters. The normalized spacial score (nSPS) is 19.3. The van der Waals surface area contributed by atoms with Crippen LogP contribution in [0.25, 0.3) is 0 Å². The SMILES string of the molecule is Cc1c(C(=O)C(=O)NC2(/C(N)=C/NN)CC(F)(F)C2)c2n(c1C(=O)Nc1ccnc(C(F)F)c1F)CC(F)C2. The Balaban J connectivity index is 1.67. The van der Waals surface area contributed by atoms with E-state index in [4.69, 9.17) is 11.6 Å². The van der Waals surface area contributed by atoms with Gasteiger partial charge in [-0.25, -0.2) is 26.3 Å². The van der Waals surface area contributed by atoms with Crippen molar-refractivity contribution in [3.05, 3.63) is 58.2 Å². The van der Waals surface area contributed by atoms with Crippen LogP contribution in [0.4, 0.5) is 32.0 Å². The number of amides is 2. The number of ketones is 1. The summed E-state index contributed by atoms with van der Waals surface area (Å²) < 4.78 is 83.4. The van der Waals surface area contributed by atoms with Crippen LogP contribution in [0, 0.1) is 12.7 Å². The number of carbonyl (C=O) groups is 3. The number of nitrogens with zero attached hydrogens (tertiary/aromatic N) is 2. The second-order valence-electron chi connectivity index (χ2n) is 9.36. The Morgan fingerprint density at radius 3 is 2.51 bits per heavy atom. The number of alkyl halides is 5. The monoisotopic (exact) mass is 559 g/mol. The first kappa shape index (κ1) is 27.9. The number of nitrogens with two attached hydrogens (primary N) is 2. The molecular weight excluding hydrogens is 536 g/mol. The van der Waals surface area contributed by atoms with Crippen molar-refractivity contribution in [2.24, 2.45) is 11.6 Å². The average Bonchev–Trinajstić information content (AvgIpc) is 3.31. The number of Topliss-reactive ketones (excluding diaryl/α,β-unsaturated/α-hetero) is 1. The van der Waals surface area contributed by atoms with Gasteiger partial charge in [-0.15, -0.1) is 0 Å². The maximum Gasteiger partial charge on any atom is 0.293 e. The van der Waals surface area contributed by atoms with E-state index in [1.54, 1.807) is 0 Å². The Kier molecular flexibility index (Phi) is 7.10. The first-order chi connectivity index (χ1) is 18.2. The smallest absolute Gasteiger partial charge is 0.293 e. The number of carbonyl (C=O) groups excluding carboxylic acids is 3. The van der Waals surface area contributed by atoms with E-state index in [9.17, 15) is 40.7 Å². The zero-order chi connectivity index (χ0) is 28.9. The number of hydrogen-bond donors (Lipinski definition) is 5. The first-order valence-electron chi connectivity index (χ1n) is 11.5. The van der Waals surface area contributed by atoms with Crippen molar-refractivity contribution >= 4 is 23.3 Å². The summed E-state index contributed by atoms with van der Waals surface area (Å²) in [6.45, 7) is 0.893. The van der Waals surface area contributed by atoms with Crippen LogP contribution in [-0.4, -0.2) is 44.8 Å². The maximum absolute atomic E-state index is 14.4. The lowest BCUT2D eigenvalue weighted by Gasteiger charge is -2.47. The molecule has 2 aromatic rings. The Hall–Kier alpha value is -4.08. The van der Waals surface area contributed by atoms with Gasteiger partial charge in [-0.3, -0.25) is 25.2 Å². The van der Waals surface area contributed by atoms with Crippen molar-refractivity contribution in [1.82, 2.24) is 20.3 Å². The molecule has 2 aliphatic rings. The number of anilines is 1. The van der Waals surface area contributed by atoms with Gasteiger partial charge in [0.25, 0.3) is 29.9 Å². The van der Waals surface area contributed by atoms with Crippen LogP contribution in [0.3, 0.4) is 0 Å². The van der Waals surface area contributed by atoms with E-state index >= 15 is 0 Å². The first-order valence-corrected chi connectivity index (χ1v) is 11.5. The molecule has 0 spiro atoms. The van der Waals surface area contributed by atoms with E-state index in [2.05, 4.69) is 21.0 Å². The lowest BCUT2D eigenvalue weighted by molar-refractivity contribution is -0.137. The number of fused-ring (bicyclic) bond motifs is 1. The quantitative estimate of drug-likeness (QED) is 0.109. The predicted octanol–water partition coefficient (Wildman–Crippen LogP) is 2.14. The fraction of sp³-hybridized carbons (Fsp3) is 0.391. The van der Waals surface area contributed by atoms with Crippen molar-refractivity contribution in [3.63, 3.8) is 0 Å². The molecule has 2 aromatic heterocycles. The fourth-order valence-electron chi connectivity index (χ4n) is 4.99. The van der Waals surface area contributed by atoms with Gasteiger partial charge >= 0.3 is 0 Å². The van der Waals surface area contributed by atoms with E-state index in [-0.39, 0.29) is 41.2 Å². The summed E-state index contributed by atoms with van der Waals surface area (Å²) in [5.41, 5.74) is 3.22. The van der Waals surface area contributed by atoms with Crippen molar-refractivity contribution in [1.29, 1.82) is 0 Å². The molecule has 0 saturated heterocycles. The molecule has 0 aromatic carbocycles. The van der Waals surface area contributed by atoms with Crippen LogP contribution in [0.15, 0.2) is 24.2 Å². The largest absolute Gasteiger partial charge is 0.399 e. The van der Waals surface area contributed by atoms with Gasteiger partial charge in [-0.1, -0.05) is 0 Å². The number of hydrazine groups is 1. The predicted molar refractivity (Wildman–Crippen MR) is 124 cm³/mol. The zero-order valence-electron chi connectivity index (χ0n) is 20.3. The minimum atomic E-state index is -3.26. The fourth-order valence-corrected chi connectivity index (χ4v) is 4.99. The Morgan fingerprint density at radius 1 is 1.26 bits per heavy atom. The number of nitrogens with one attached hydrogen (secondary N) is 3. The van der Waals surface area contributed by atoms with Gasteiger partial charge in [0.05, 0.1) is 29.0 Å². The van der Waals surface area contributed by atoms with Crippen LogP contribution in [-0.2, 0) is 17.8 Å². The molecule has 1 aliphatic carbocycles. The van der Waals surface area contributed by atoms with Crippen LogP contribution < -0.4 is 27.6 Å². The van der Waals surface area contributed by atoms with Crippen molar-refractivity contribution < 1.29 is 40.7 Å². The van der Waals surface area contributed by atoms with Gasteiger partial charge in [0.2, 0.25) is 0 Å². The highest BCUT2D eigenvalue weighted by molar-refractivity contribution is 6.44. The summed E-state index contributed by atoms with van der Waals surface area (Å²) in [7, 11) is 0. The third kappa shape index (κ3) is 4.91. The molecule has 210 valence electrons. The highest BCUT2D eigenvalue weighted by Gasteiger charge is 2.59. The topological polar surface area (TPSA) is 157 Å². The Labute approximate surface area is 216 Å². The summed E-state index contributed by atoms with van der Waals surface area (Å²) >= 11 is 0. The summed E-state index contributed by atoms with van der Waals surface area (Å²) in [4.78, 5) is 42.5. The minimum Gasteiger partial charge on any atom is -0.399 e. The molecule has 1 fully saturated rings. The molecule has 16 heteroatoms. The van der Waals surface area contributed by atoms with Crippen LogP contribution in [0.2, 0.25) is 0 Å². The number of aromatic nitrogens is 2. The summed E-state index contributed by atoms with van der Waals surface area (Å²) in [6.07, 6.45) is -5.15. The second kappa shape index (κ2) is 9.91. The number of halogens is 6. The molecule has 1 unspecified atom stereocenters. The molecule has 39 heavy (non-hydrogen) atoms. The lowest BCUT2D eigenvalue weighted by Crippen LogP contribution is -2.65. The molecule has 4 rings (SSSR count). The van der Waals surface area contributed by atoms with Gasteiger partial charge in [0.15, 0.2) is 5.82 Å². The van der Waals surface area contributed by atoms with E-state index in [0.29, 0.717) is 0 Å². The third-order valence-electron chi connectivity index (χ3n) is 6.69. The van der Waals surface area contributed by atoms with Crippen molar-refractivity contribution in [3.8, 4) is 0 Å². The second-order valence-corrected chi connectivity index (χ2v) is 9.36. The number of rotatable bonds is 8. The van der Waals surface area contributed by atoms with Gasteiger partial charge in [0.1, 0.15) is 17.6 Å². The number of pyridine rings is 1. The van der Waals surface area contributed by atoms with E-state index in [1.165, 1.54) is 6.92 Å². The molecule has 3 heterocycles. The zero-order valence-corrected chi connectivity index (χ0v) is 20.3. The molecule has 10 nitrogen and oxygen atoms in total. The lowest BCUT2D eigenvalue weighted by atomic mass is 9.71. The van der Waals surface area contributed by atoms with E-state index in [0.717, 1.165) is 23.0 Å². The standard InChI is InChI=1S/C23H23F6N7O3/c1-9-14(18(37)21(39)35-22(13(30)5-33-31)7-23(28,29)8-22)12-4-10(24)6-36(12)17(9)20(38)34-11-2-3-32-16(15(11)25)19(26)27/h2-3,5,10,19,33H,4,6-8,30-31H2,1H3,(H,35,39)(H,32,34,38)/b13-5-. The maximum atomic E-state index is 14.4.